The Morgan fingerprint density at radius 1 is 0.774 bits per heavy atom. The molecule has 0 aliphatic carbocycles. The highest BCUT2D eigenvalue weighted by molar-refractivity contribution is 5.97. The van der Waals surface area contributed by atoms with Gasteiger partial charge in [0.15, 0.2) is 0 Å². The molecule has 1 fully saturated rings. The third-order valence-electron chi connectivity index (χ3n) is 5.86. The van der Waals surface area contributed by atoms with Crippen LogP contribution in [0, 0.1) is 5.92 Å². The average Bonchev–Trinajstić information content (AvgIpc) is 2.78. The predicted molar refractivity (Wildman–Crippen MR) is 120 cm³/mol. The summed E-state index contributed by atoms with van der Waals surface area (Å²) in [5.74, 6) is 1.55. The van der Waals surface area contributed by atoms with Gasteiger partial charge in [-0.3, -0.25) is 9.59 Å². The van der Waals surface area contributed by atoms with Crippen LogP contribution >= 0.6 is 0 Å². The first-order valence-corrected chi connectivity index (χ1v) is 10.8. The molecule has 0 saturated carbocycles. The Balaban J connectivity index is 1.87. The zero-order valence-electron chi connectivity index (χ0n) is 19.0. The first-order chi connectivity index (χ1) is 14.9. The molecule has 2 atom stereocenters. The van der Waals surface area contributed by atoms with E-state index in [-0.39, 0.29) is 17.7 Å². The molecule has 2 aromatic rings. The first kappa shape index (κ1) is 22.7. The standard InChI is InChI=1S/C25H32N2O4/c1-6-22-24(28)27(16-19-9-13-21(31-5)14-10-19)23(17(2)3)25(29)26(22)15-18-7-11-20(30-4)12-8-18/h7-14,17,22-23H,6,15-16H2,1-5H3/t22-,23+/m1/s1. The van der Waals surface area contributed by atoms with Crippen molar-refractivity contribution in [2.24, 2.45) is 5.92 Å². The minimum absolute atomic E-state index is 0.00475. The number of amides is 2. The Kier molecular flexibility index (Phi) is 7.21. The summed E-state index contributed by atoms with van der Waals surface area (Å²) in [6.07, 6.45) is 0.574. The molecule has 1 heterocycles. The van der Waals surface area contributed by atoms with Crippen molar-refractivity contribution >= 4 is 11.8 Å². The largest absolute Gasteiger partial charge is 0.497 e. The number of piperazine rings is 1. The summed E-state index contributed by atoms with van der Waals surface area (Å²) >= 11 is 0. The van der Waals surface area contributed by atoms with Gasteiger partial charge in [-0.05, 0) is 47.7 Å². The Bertz CT molecular complexity index is 893. The van der Waals surface area contributed by atoms with Gasteiger partial charge in [0.2, 0.25) is 11.8 Å². The van der Waals surface area contributed by atoms with E-state index < -0.39 is 12.1 Å². The third kappa shape index (κ3) is 4.84. The van der Waals surface area contributed by atoms with Crippen LogP contribution < -0.4 is 9.47 Å². The number of benzene rings is 2. The van der Waals surface area contributed by atoms with Crippen molar-refractivity contribution in [3.8, 4) is 11.5 Å². The van der Waals surface area contributed by atoms with Crippen LogP contribution in [-0.4, -0.2) is 47.9 Å². The van der Waals surface area contributed by atoms with Gasteiger partial charge in [0.25, 0.3) is 0 Å². The van der Waals surface area contributed by atoms with Crippen LogP contribution in [0.4, 0.5) is 0 Å². The molecule has 166 valence electrons. The van der Waals surface area contributed by atoms with E-state index in [1.807, 2.05) is 69.3 Å². The van der Waals surface area contributed by atoms with Crippen LogP contribution in [-0.2, 0) is 22.7 Å². The Morgan fingerprint density at radius 2 is 1.23 bits per heavy atom. The van der Waals surface area contributed by atoms with E-state index in [2.05, 4.69) is 0 Å². The second-order valence-corrected chi connectivity index (χ2v) is 8.24. The summed E-state index contributed by atoms with van der Waals surface area (Å²) in [7, 11) is 3.25. The van der Waals surface area contributed by atoms with Crippen LogP contribution in [0.1, 0.15) is 38.3 Å². The van der Waals surface area contributed by atoms with Crippen LogP contribution in [0.2, 0.25) is 0 Å². The smallest absolute Gasteiger partial charge is 0.246 e. The molecule has 0 spiro atoms. The van der Waals surface area contributed by atoms with Crippen molar-refractivity contribution < 1.29 is 19.1 Å². The fraction of sp³-hybridized carbons (Fsp3) is 0.440. The van der Waals surface area contributed by atoms with Crippen molar-refractivity contribution in [1.82, 2.24) is 9.80 Å². The molecule has 0 aromatic heterocycles. The summed E-state index contributed by atoms with van der Waals surface area (Å²) in [4.78, 5) is 30.6. The van der Waals surface area contributed by atoms with Gasteiger partial charge in [0, 0.05) is 13.1 Å². The van der Waals surface area contributed by atoms with Gasteiger partial charge in [-0.25, -0.2) is 0 Å². The SMILES string of the molecule is CC[C@@H]1C(=O)N(Cc2ccc(OC)cc2)[C@@H](C(C)C)C(=O)N1Cc1ccc(OC)cc1. The second kappa shape index (κ2) is 9.86. The van der Waals surface area contributed by atoms with Crippen LogP contribution in [0.5, 0.6) is 11.5 Å². The van der Waals surface area contributed by atoms with Crippen LogP contribution in [0.15, 0.2) is 48.5 Å². The molecule has 2 amide bonds. The second-order valence-electron chi connectivity index (χ2n) is 8.24. The molecule has 31 heavy (non-hydrogen) atoms. The first-order valence-electron chi connectivity index (χ1n) is 10.8. The fourth-order valence-corrected chi connectivity index (χ4v) is 4.18. The molecule has 3 rings (SSSR count). The van der Waals surface area contributed by atoms with E-state index in [1.54, 1.807) is 24.0 Å². The van der Waals surface area contributed by atoms with Crippen LogP contribution in [0.25, 0.3) is 0 Å². The lowest BCUT2D eigenvalue weighted by atomic mass is 9.93. The quantitative estimate of drug-likeness (QED) is 0.645. The highest BCUT2D eigenvalue weighted by Gasteiger charge is 2.46. The summed E-state index contributed by atoms with van der Waals surface area (Å²) < 4.78 is 10.5. The number of rotatable bonds is 8. The van der Waals surface area contributed by atoms with E-state index in [1.165, 1.54) is 0 Å². The third-order valence-corrected chi connectivity index (χ3v) is 5.86. The molecule has 1 aliphatic rings. The predicted octanol–water partition coefficient (Wildman–Crippen LogP) is 3.88. The lowest BCUT2D eigenvalue weighted by Gasteiger charge is -2.46. The summed E-state index contributed by atoms with van der Waals surface area (Å²) in [6, 6.07) is 14.3. The summed E-state index contributed by atoms with van der Waals surface area (Å²) in [5.41, 5.74) is 1.96. The topological polar surface area (TPSA) is 59.1 Å². The average molecular weight is 425 g/mol. The molecule has 2 aromatic carbocycles. The van der Waals surface area contributed by atoms with Gasteiger partial charge in [0.1, 0.15) is 23.6 Å². The lowest BCUT2D eigenvalue weighted by molar-refractivity contribution is -0.165. The van der Waals surface area contributed by atoms with E-state index in [9.17, 15) is 9.59 Å². The molecule has 6 nitrogen and oxygen atoms in total. The normalized spacial score (nSPS) is 19.2. The van der Waals surface area contributed by atoms with Crippen molar-refractivity contribution in [3.05, 3.63) is 59.7 Å². The minimum Gasteiger partial charge on any atom is -0.497 e. The molecule has 0 bridgehead atoms. The number of hydrogen-bond donors (Lipinski definition) is 0. The summed E-state index contributed by atoms with van der Waals surface area (Å²) in [5, 5.41) is 0. The maximum absolute atomic E-state index is 13.6. The number of carbonyl (C=O) groups excluding carboxylic acids is 2. The van der Waals surface area contributed by atoms with E-state index in [0.29, 0.717) is 19.5 Å². The number of carbonyl (C=O) groups is 2. The lowest BCUT2D eigenvalue weighted by Crippen LogP contribution is -2.65. The number of hydrogen-bond acceptors (Lipinski definition) is 4. The highest BCUT2D eigenvalue weighted by Crippen LogP contribution is 2.29. The van der Waals surface area contributed by atoms with Gasteiger partial charge in [-0.15, -0.1) is 0 Å². The fourth-order valence-electron chi connectivity index (χ4n) is 4.18. The molecule has 6 heteroatoms. The maximum Gasteiger partial charge on any atom is 0.246 e. The minimum atomic E-state index is -0.490. The van der Waals surface area contributed by atoms with Crippen molar-refractivity contribution in [1.29, 1.82) is 0 Å². The van der Waals surface area contributed by atoms with Gasteiger partial charge in [-0.1, -0.05) is 45.0 Å². The van der Waals surface area contributed by atoms with Gasteiger partial charge < -0.3 is 19.3 Å². The Labute approximate surface area is 184 Å². The summed E-state index contributed by atoms with van der Waals surface area (Å²) in [6.45, 7) is 6.76. The van der Waals surface area contributed by atoms with Gasteiger partial charge in [0.05, 0.1) is 14.2 Å². The van der Waals surface area contributed by atoms with Crippen molar-refractivity contribution in [2.75, 3.05) is 14.2 Å². The van der Waals surface area contributed by atoms with Crippen molar-refractivity contribution in [2.45, 2.75) is 52.4 Å². The zero-order valence-corrected chi connectivity index (χ0v) is 19.0. The van der Waals surface area contributed by atoms with E-state index >= 15 is 0 Å². The monoisotopic (exact) mass is 424 g/mol. The molecule has 0 N–H and O–H groups in total. The van der Waals surface area contributed by atoms with E-state index in [4.69, 9.17) is 9.47 Å². The zero-order chi connectivity index (χ0) is 22.5. The number of ether oxygens (including phenoxy) is 2. The molecule has 0 radical (unpaired) electrons. The molecule has 1 aliphatic heterocycles. The van der Waals surface area contributed by atoms with Crippen LogP contribution in [0.3, 0.4) is 0 Å². The van der Waals surface area contributed by atoms with Gasteiger partial charge >= 0.3 is 0 Å². The molecular weight excluding hydrogens is 392 g/mol. The van der Waals surface area contributed by atoms with Gasteiger partial charge in [-0.2, -0.15) is 0 Å². The molecule has 0 unspecified atom stereocenters. The highest BCUT2D eigenvalue weighted by atomic mass is 16.5. The Hall–Kier alpha value is -3.02. The van der Waals surface area contributed by atoms with E-state index in [0.717, 1.165) is 22.6 Å². The molecule has 1 saturated heterocycles. The number of methoxy groups -OCH3 is 2. The Morgan fingerprint density at radius 3 is 1.61 bits per heavy atom. The maximum atomic E-state index is 13.6. The van der Waals surface area contributed by atoms with Crippen molar-refractivity contribution in [3.63, 3.8) is 0 Å². The molecular formula is C25H32N2O4. The number of nitrogens with zero attached hydrogens (tertiary/aromatic N) is 2.